The molecule has 9 nitrogen and oxygen atoms in total. The lowest BCUT2D eigenvalue weighted by molar-refractivity contribution is -0.120. The number of fused-ring (bicyclic) bond motifs is 1. The Bertz CT molecular complexity index is 1070. The Morgan fingerprint density at radius 3 is 2.84 bits per heavy atom. The van der Waals surface area contributed by atoms with Crippen LogP contribution in [-0.4, -0.2) is 60.5 Å². The number of nitrogens with one attached hydrogen (secondary N) is 3. The predicted octanol–water partition coefficient (Wildman–Crippen LogP) is 3.61. The lowest BCUT2D eigenvalue weighted by atomic mass is 10.1. The van der Waals surface area contributed by atoms with Crippen molar-refractivity contribution in [2.24, 2.45) is 0 Å². The number of ether oxygens (including phenoxy) is 3. The van der Waals surface area contributed by atoms with Gasteiger partial charge in [0.1, 0.15) is 6.61 Å². The molecular formula is C27H35N5O4S. The number of carbonyl (C=O) groups excluding carboxylic acids is 1. The maximum atomic E-state index is 12.1. The van der Waals surface area contributed by atoms with Gasteiger partial charge < -0.3 is 30.2 Å². The fourth-order valence-corrected chi connectivity index (χ4v) is 4.37. The maximum absolute atomic E-state index is 12.1. The van der Waals surface area contributed by atoms with Gasteiger partial charge in [-0.25, -0.2) is 4.98 Å². The molecule has 1 fully saturated rings. The summed E-state index contributed by atoms with van der Waals surface area (Å²) in [6.07, 6.45) is 10.6. The van der Waals surface area contributed by atoms with Gasteiger partial charge in [-0.05, 0) is 74.4 Å². The zero-order valence-corrected chi connectivity index (χ0v) is 21.9. The van der Waals surface area contributed by atoms with Crippen LogP contribution in [0, 0.1) is 0 Å². The summed E-state index contributed by atoms with van der Waals surface area (Å²) in [4.78, 5) is 18.8. The molecule has 198 valence electrons. The number of hydrogen-bond donors (Lipinski definition) is 3. The van der Waals surface area contributed by atoms with Crippen molar-refractivity contribution < 1.29 is 19.0 Å². The SMILES string of the molecule is O=C(CCCNC(=S)Nc1ccc2c(c1)OCO2)NC/C=C\COc1cc(CN2CCCCC2)ccn1. The number of amides is 1. The van der Waals surface area contributed by atoms with Crippen molar-refractivity contribution in [3.05, 3.63) is 54.2 Å². The van der Waals surface area contributed by atoms with Crippen molar-refractivity contribution >= 4 is 28.9 Å². The van der Waals surface area contributed by atoms with Gasteiger partial charge >= 0.3 is 0 Å². The molecule has 3 N–H and O–H groups in total. The number of nitrogens with zero attached hydrogens (tertiary/aromatic N) is 2. The first-order chi connectivity index (χ1) is 18.2. The summed E-state index contributed by atoms with van der Waals surface area (Å²) < 4.78 is 16.4. The lowest BCUT2D eigenvalue weighted by Crippen LogP contribution is -2.30. The van der Waals surface area contributed by atoms with Gasteiger partial charge in [-0.1, -0.05) is 12.5 Å². The van der Waals surface area contributed by atoms with E-state index in [4.69, 9.17) is 26.4 Å². The van der Waals surface area contributed by atoms with Gasteiger partial charge in [-0.2, -0.15) is 0 Å². The zero-order chi connectivity index (χ0) is 25.7. The van der Waals surface area contributed by atoms with E-state index in [9.17, 15) is 4.79 Å². The molecule has 37 heavy (non-hydrogen) atoms. The molecule has 1 aromatic carbocycles. The minimum Gasteiger partial charge on any atom is -0.473 e. The Labute approximate surface area is 223 Å². The van der Waals surface area contributed by atoms with Gasteiger partial charge in [0.05, 0.1) is 0 Å². The summed E-state index contributed by atoms with van der Waals surface area (Å²) in [5.41, 5.74) is 2.04. The molecule has 0 saturated carbocycles. The van der Waals surface area contributed by atoms with Gasteiger partial charge in [0.15, 0.2) is 16.6 Å². The largest absolute Gasteiger partial charge is 0.473 e. The third kappa shape index (κ3) is 9.22. The van der Waals surface area contributed by atoms with Crippen LogP contribution in [0.15, 0.2) is 48.7 Å². The highest BCUT2D eigenvalue weighted by atomic mass is 32.1. The Morgan fingerprint density at radius 1 is 1.08 bits per heavy atom. The van der Waals surface area contributed by atoms with Gasteiger partial charge in [-0.3, -0.25) is 9.69 Å². The predicted molar refractivity (Wildman–Crippen MR) is 147 cm³/mol. The second-order valence-corrected chi connectivity index (χ2v) is 9.39. The Hall–Kier alpha value is -3.37. The smallest absolute Gasteiger partial charge is 0.231 e. The number of anilines is 1. The standard InChI is InChI=1S/C27H35N5O4S/c33-25(7-6-12-30-27(37)31-22-8-9-23-24(18-22)36-20-35-23)28-11-2-5-16-34-26-17-21(10-13-29-26)19-32-14-3-1-4-15-32/h2,5,8-10,13,17-18H,1,3-4,6-7,11-12,14-16,19-20H2,(H,28,33)(H2,30,31,37)/b5-2-. The molecule has 1 aromatic heterocycles. The summed E-state index contributed by atoms with van der Waals surface area (Å²) in [5, 5.41) is 9.59. The average Bonchev–Trinajstić information content (AvgIpc) is 3.37. The van der Waals surface area contributed by atoms with Crippen LogP contribution in [-0.2, 0) is 11.3 Å². The van der Waals surface area contributed by atoms with E-state index in [1.54, 1.807) is 6.20 Å². The molecule has 10 heteroatoms. The third-order valence-electron chi connectivity index (χ3n) is 6.06. The van der Waals surface area contributed by atoms with E-state index in [1.165, 1.54) is 24.8 Å². The molecule has 0 aliphatic carbocycles. The second kappa shape index (κ2) is 14.4. The Kier molecular flexibility index (Phi) is 10.4. The van der Waals surface area contributed by atoms with Crippen LogP contribution in [0.4, 0.5) is 5.69 Å². The molecule has 1 amide bonds. The van der Waals surface area contributed by atoms with Crippen LogP contribution in [0.3, 0.4) is 0 Å². The molecule has 3 heterocycles. The number of hydrogen-bond acceptors (Lipinski definition) is 7. The quantitative estimate of drug-likeness (QED) is 0.218. The monoisotopic (exact) mass is 525 g/mol. The topological polar surface area (TPSA) is 97.0 Å². The van der Waals surface area contributed by atoms with Gasteiger partial charge in [0, 0.05) is 50.1 Å². The van der Waals surface area contributed by atoms with E-state index in [1.807, 2.05) is 42.5 Å². The minimum atomic E-state index is -0.00547. The minimum absolute atomic E-state index is 0.00547. The number of pyridine rings is 1. The highest BCUT2D eigenvalue weighted by Crippen LogP contribution is 2.34. The maximum Gasteiger partial charge on any atom is 0.231 e. The Morgan fingerprint density at radius 2 is 1.95 bits per heavy atom. The molecule has 4 rings (SSSR count). The van der Waals surface area contributed by atoms with Gasteiger partial charge in [-0.15, -0.1) is 0 Å². The molecule has 2 aromatic rings. The first-order valence-corrected chi connectivity index (χ1v) is 13.2. The number of benzene rings is 1. The number of rotatable bonds is 12. The molecule has 0 bridgehead atoms. The summed E-state index contributed by atoms with van der Waals surface area (Å²) in [6.45, 7) is 4.97. The molecule has 2 aliphatic rings. The van der Waals surface area contributed by atoms with E-state index < -0.39 is 0 Å². The van der Waals surface area contributed by atoms with Crippen molar-refractivity contribution in [2.75, 3.05) is 44.9 Å². The van der Waals surface area contributed by atoms with E-state index >= 15 is 0 Å². The fraction of sp³-hybridized carbons (Fsp3) is 0.444. The third-order valence-corrected chi connectivity index (χ3v) is 6.31. The van der Waals surface area contributed by atoms with Crippen molar-refractivity contribution in [3.8, 4) is 17.4 Å². The van der Waals surface area contributed by atoms with Gasteiger partial charge in [0.2, 0.25) is 18.6 Å². The second-order valence-electron chi connectivity index (χ2n) is 8.98. The summed E-state index contributed by atoms with van der Waals surface area (Å²) >= 11 is 5.31. The van der Waals surface area contributed by atoms with Crippen LogP contribution in [0.1, 0.15) is 37.7 Å². The number of aromatic nitrogens is 1. The number of thiocarbonyl (C=S) groups is 1. The van der Waals surface area contributed by atoms with Crippen LogP contribution in [0.5, 0.6) is 17.4 Å². The fourth-order valence-electron chi connectivity index (χ4n) is 4.15. The van der Waals surface area contributed by atoms with Gasteiger partial charge in [0.25, 0.3) is 0 Å². The van der Waals surface area contributed by atoms with Crippen LogP contribution < -0.4 is 30.2 Å². The van der Waals surface area contributed by atoms with E-state index in [0.29, 0.717) is 49.3 Å². The summed E-state index contributed by atoms with van der Waals surface area (Å²) in [6, 6.07) is 9.61. The molecule has 0 atom stereocenters. The average molecular weight is 526 g/mol. The van der Waals surface area contributed by atoms with Crippen molar-refractivity contribution in [2.45, 2.75) is 38.6 Å². The van der Waals surface area contributed by atoms with E-state index in [2.05, 4.69) is 25.8 Å². The Balaban J connectivity index is 1.03. The first kappa shape index (κ1) is 26.7. The van der Waals surface area contributed by atoms with Crippen LogP contribution in [0.25, 0.3) is 0 Å². The zero-order valence-electron chi connectivity index (χ0n) is 21.0. The number of piperidine rings is 1. The molecule has 0 spiro atoms. The van der Waals surface area contributed by atoms with Crippen LogP contribution >= 0.6 is 12.2 Å². The first-order valence-electron chi connectivity index (χ1n) is 12.8. The normalized spacial score (nSPS) is 14.9. The van der Waals surface area contributed by atoms with E-state index in [0.717, 1.165) is 31.1 Å². The van der Waals surface area contributed by atoms with Crippen molar-refractivity contribution in [3.63, 3.8) is 0 Å². The van der Waals surface area contributed by atoms with Crippen molar-refractivity contribution in [1.29, 1.82) is 0 Å². The highest BCUT2D eigenvalue weighted by Gasteiger charge is 2.13. The summed E-state index contributed by atoms with van der Waals surface area (Å²) in [7, 11) is 0. The van der Waals surface area contributed by atoms with Crippen LogP contribution in [0.2, 0.25) is 0 Å². The summed E-state index contributed by atoms with van der Waals surface area (Å²) in [5.74, 6) is 2.04. The molecular weight excluding hydrogens is 490 g/mol. The molecule has 0 unspecified atom stereocenters. The molecule has 2 aliphatic heterocycles. The number of carbonyl (C=O) groups is 1. The molecule has 1 saturated heterocycles. The number of likely N-dealkylation sites (tertiary alicyclic amines) is 1. The van der Waals surface area contributed by atoms with Crippen molar-refractivity contribution in [1.82, 2.24) is 20.5 Å². The molecule has 0 radical (unpaired) electrons. The van der Waals surface area contributed by atoms with E-state index in [-0.39, 0.29) is 12.7 Å². The highest BCUT2D eigenvalue weighted by molar-refractivity contribution is 7.80. The lowest BCUT2D eigenvalue weighted by Gasteiger charge is -2.26.